The Morgan fingerprint density at radius 3 is 1.85 bits per heavy atom. The summed E-state index contributed by atoms with van der Waals surface area (Å²) in [5, 5.41) is 8.63. The lowest BCUT2D eigenvalue weighted by Gasteiger charge is -2.12. The largest absolute Gasteiger partial charge is 0.456 e. The summed E-state index contributed by atoms with van der Waals surface area (Å²) < 4.78 is 13.0. The number of nitrogens with zero attached hydrogens (tertiary/aromatic N) is 3. The molecule has 0 spiro atoms. The predicted octanol–water partition coefficient (Wildman–Crippen LogP) is 12.6. The number of fused-ring (bicyclic) bond motifs is 9. The highest BCUT2D eigenvalue weighted by Crippen LogP contribution is 2.43. The van der Waals surface area contributed by atoms with Crippen LogP contribution in [0.2, 0.25) is 0 Å². The lowest BCUT2D eigenvalue weighted by atomic mass is 9.95. The van der Waals surface area contributed by atoms with Gasteiger partial charge in [0.15, 0.2) is 17.5 Å². The van der Waals surface area contributed by atoms with Crippen molar-refractivity contribution in [1.82, 2.24) is 15.0 Å². The SMILES string of the molecule is c1ccc(-c2nc(-c3cccc4oc5ccccc5c34)nc(-c3cc(-c4ccc5ccccc5c4)cc4oc5ccc6ccccc6c5c34)n2)cc1. The van der Waals surface area contributed by atoms with E-state index in [0.717, 1.165) is 82.5 Å². The van der Waals surface area contributed by atoms with Crippen LogP contribution in [0.25, 0.3) is 111 Å². The lowest BCUT2D eigenvalue weighted by molar-refractivity contribution is 0.669. The molecule has 5 nitrogen and oxygen atoms in total. The minimum Gasteiger partial charge on any atom is -0.456 e. The highest BCUT2D eigenvalue weighted by molar-refractivity contribution is 6.23. The van der Waals surface area contributed by atoms with Crippen molar-refractivity contribution < 1.29 is 8.83 Å². The summed E-state index contributed by atoms with van der Waals surface area (Å²) in [6.45, 7) is 0. The van der Waals surface area contributed by atoms with E-state index >= 15 is 0 Å². The monoisotopic (exact) mass is 665 g/mol. The second-order valence-corrected chi connectivity index (χ2v) is 13.2. The molecular formula is C47H27N3O2. The Morgan fingerprint density at radius 1 is 0.308 bits per heavy atom. The Morgan fingerprint density at radius 2 is 0.962 bits per heavy atom. The summed E-state index contributed by atoms with van der Waals surface area (Å²) in [4.78, 5) is 15.7. The predicted molar refractivity (Wildman–Crippen MR) is 211 cm³/mol. The average molecular weight is 666 g/mol. The van der Waals surface area contributed by atoms with Gasteiger partial charge in [-0.3, -0.25) is 0 Å². The highest BCUT2D eigenvalue weighted by atomic mass is 16.3. The molecule has 0 saturated heterocycles. The smallest absolute Gasteiger partial charge is 0.164 e. The summed E-state index contributed by atoms with van der Waals surface area (Å²) in [6, 6.07) is 56.3. The second kappa shape index (κ2) is 11.2. The molecule has 0 radical (unpaired) electrons. The van der Waals surface area contributed by atoms with Gasteiger partial charge in [-0.2, -0.15) is 0 Å². The Bertz CT molecular complexity index is 3190. The fraction of sp³-hybridized carbons (Fsp3) is 0. The molecule has 0 aliphatic carbocycles. The maximum absolute atomic E-state index is 6.71. The van der Waals surface area contributed by atoms with Crippen LogP contribution in [0.3, 0.4) is 0 Å². The van der Waals surface area contributed by atoms with E-state index < -0.39 is 0 Å². The summed E-state index contributed by atoms with van der Waals surface area (Å²) in [7, 11) is 0. The van der Waals surface area contributed by atoms with Gasteiger partial charge >= 0.3 is 0 Å². The van der Waals surface area contributed by atoms with Crippen molar-refractivity contribution in [1.29, 1.82) is 0 Å². The van der Waals surface area contributed by atoms with Gasteiger partial charge in [-0.05, 0) is 69.1 Å². The van der Waals surface area contributed by atoms with Crippen molar-refractivity contribution in [2.75, 3.05) is 0 Å². The Balaban J connectivity index is 1.26. The molecule has 8 aromatic carbocycles. The van der Waals surface area contributed by atoms with E-state index in [1.165, 1.54) is 10.8 Å². The zero-order chi connectivity index (χ0) is 34.2. The normalized spacial score (nSPS) is 11.8. The first-order valence-electron chi connectivity index (χ1n) is 17.3. The van der Waals surface area contributed by atoms with Crippen molar-refractivity contribution in [3.05, 3.63) is 164 Å². The Hall–Kier alpha value is -7.11. The third-order valence-corrected chi connectivity index (χ3v) is 10.1. The molecular weight excluding hydrogens is 639 g/mol. The first kappa shape index (κ1) is 28.7. The van der Waals surface area contributed by atoms with Gasteiger partial charge in [0, 0.05) is 38.2 Å². The third kappa shape index (κ3) is 4.46. The van der Waals surface area contributed by atoms with E-state index in [9.17, 15) is 0 Å². The summed E-state index contributed by atoms with van der Waals surface area (Å²) in [6.07, 6.45) is 0. The summed E-state index contributed by atoms with van der Waals surface area (Å²) >= 11 is 0. The van der Waals surface area contributed by atoms with Gasteiger partial charge in [0.2, 0.25) is 0 Å². The van der Waals surface area contributed by atoms with Crippen LogP contribution >= 0.6 is 0 Å². The van der Waals surface area contributed by atoms with Crippen LogP contribution in [0, 0.1) is 0 Å². The van der Waals surface area contributed by atoms with Crippen LogP contribution in [0.1, 0.15) is 0 Å². The van der Waals surface area contributed by atoms with E-state index in [1.807, 2.05) is 60.7 Å². The number of benzene rings is 8. The minimum absolute atomic E-state index is 0.567. The summed E-state index contributed by atoms with van der Waals surface area (Å²) in [5.74, 6) is 1.73. The van der Waals surface area contributed by atoms with Gasteiger partial charge < -0.3 is 8.83 Å². The zero-order valence-electron chi connectivity index (χ0n) is 27.7. The van der Waals surface area contributed by atoms with Crippen molar-refractivity contribution in [2.45, 2.75) is 0 Å². The third-order valence-electron chi connectivity index (χ3n) is 10.1. The molecule has 0 aliphatic heterocycles. The molecule has 0 N–H and O–H groups in total. The quantitative estimate of drug-likeness (QED) is 0.187. The Kier molecular flexibility index (Phi) is 6.18. The average Bonchev–Trinajstić information content (AvgIpc) is 3.79. The van der Waals surface area contributed by atoms with Gasteiger partial charge in [0.05, 0.1) is 0 Å². The van der Waals surface area contributed by atoms with Crippen molar-refractivity contribution in [3.8, 4) is 45.3 Å². The molecule has 11 aromatic rings. The maximum Gasteiger partial charge on any atom is 0.164 e. The van der Waals surface area contributed by atoms with Crippen LogP contribution in [0.15, 0.2) is 173 Å². The van der Waals surface area contributed by atoms with Gasteiger partial charge in [-0.25, -0.2) is 15.0 Å². The fourth-order valence-electron chi connectivity index (χ4n) is 7.67. The van der Waals surface area contributed by atoms with E-state index in [-0.39, 0.29) is 0 Å². The van der Waals surface area contributed by atoms with E-state index in [0.29, 0.717) is 17.5 Å². The van der Waals surface area contributed by atoms with Gasteiger partial charge in [0.25, 0.3) is 0 Å². The minimum atomic E-state index is 0.567. The maximum atomic E-state index is 6.71. The molecule has 0 atom stereocenters. The van der Waals surface area contributed by atoms with Gasteiger partial charge in [-0.1, -0.05) is 127 Å². The summed E-state index contributed by atoms with van der Waals surface area (Å²) in [5.41, 5.74) is 7.96. The molecule has 0 fully saturated rings. The molecule has 0 unspecified atom stereocenters. The van der Waals surface area contributed by atoms with E-state index in [4.69, 9.17) is 23.8 Å². The number of hydrogen-bond acceptors (Lipinski definition) is 5. The molecule has 0 saturated carbocycles. The number of para-hydroxylation sites is 1. The standard InChI is InChI=1S/C47H27N3O2/c1-2-13-30(14-3-1)45-48-46(36-18-10-20-39-42(36)35-17-8-9-19-38(35)51-39)50-47(49-45)37-26-33(32-22-21-28-11-4-5-15-31(28)25-32)27-41-44(37)43-34-16-7-6-12-29(34)23-24-40(43)52-41/h1-27H. The Labute approximate surface area is 297 Å². The first-order valence-corrected chi connectivity index (χ1v) is 17.3. The van der Waals surface area contributed by atoms with Crippen LogP contribution in [-0.2, 0) is 0 Å². The molecule has 52 heavy (non-hydrogen) atoms. The lowest BCUT2D eigenvalue weighted by Crippen LogP contribution is -2.01. The molecule has 3 aromatic heterocycles. The number of furan rings is 2. The van der Waals surface area contributed by atoms with Gasteiger partial charge in [0.1, 0.15) is 22.3 Å². The van der Waals surface area contributed by atoms with E-state index in [2.05, 4.69) is 103 Å². The molecule has 0 aliphatic rings. The second-order valence-electron chi connectivity index (χ2n) is 13.2. The van der Waals surface area contributed by atoms with Crippen molar-refractivity contribution in [2.24, 2.45) is 0 Å². The van der Waals surface area contributed by atoms with Crippen LogP contribution in [-0.4, -0.2) is 15.0 Å². The van der Waals surface area contributed by atoms with Crippen LogP contribution in [0.4, 0.5) is 0 Å². The number of hydrogen-bond donors (Lipinski definition) is 0. The molecule has 0 amide bonds. The number of aromatic nitrogens is 3. The van der Waals surface area contributed by atoms with Crippen molar-refractivity contribution >= 4 is 65.4 Å². The highest BCUT2D eigenvalue weighted by Gasteiger charge is 2.22. The fourth-order valence-corrected chi connectivity index (χ4v) is 7.67. The van der Waals surface area contributed by atoms with Crippen LogP contribution < -0.4 is 0 Å². The van der Waals surface area contributed by atoms with Crippen molar-refractivity contribution in [3.63, 3.8) is 0 Å². The van der Waals surface area contributed by atoms with Gasteiger partial charge in [-0.15, -0.1) is 0 Å². The molecule has 11 rings (SSSR count). The first-order chi connectivity index (χ1) is 25.7. The topological polar surface area (TPSA) is 65.0 Å². The molecule has 0 bridgehead atoms. The number of rotatable bonds is 4. The molecule has 5 heteroatoms. The molecule has 3 heterocycles. The van der Waals surface area contributed by atoms with Crippen LogP contribution in [0.5, 0.6) is 0 Å². The molecule has 242 valence electrons. The zero-order valence-corrected chi connectivity index (χ0v) is 27.7. The van der Waals surface area contributed by atoms with E-state index in [1.54, 1.807) is 0 Å².